The van der Waals surface area contributed by atoms with Crippen molar-refractivity contribution in [2.24, 2.45) is 11.8 Å². The minimum Gasteiger partial charge on any atom is -0.491 e. The summed E-state index contributed by atoms with van der Waals surface area (Å²) >= 11 is 0. The molecule has 1 aromatic rings. The number of para-hydroxylation sites is 1. The van der Waals surface area contributed by atoms with E-state index in [0.29, 0.717) is 31.4 Å². The second kappa shape index (κ2) is 13.1. The molecule has 0 spiro atoms. The van der Waals surface area contributed by atoms with Gasteiger partial charge in [0.2, 0.25) is 0 Å². The second-order valence-electron chi connectivity index (χ2n) is 8.85. The molecule has 0 amide bonds. The fourth-order valence-corrected chi connectivity index (χ4v) is 4.52. The monoisotopic (exact) mass is 508 g/mol. The number of ether oxygens (including phenoxy) is 2. The molecule has 192 valence electrons. The zero-order valence-electron chi connectivity index (χ0n) is 19.5. The van der Waals surface area contributed by atoms with Gasteiger partial charge in [-0.2, -0.15) is 0 Å². The molecule has 0 saturated heterocycles. The number of phosphoric acid groups is 1. The number of allylic oxidation sites excluding steroid dienone is 2. The summed E-state index contributed by atoms with van der Waals surface area (Å²) in [6.07, 6.45) is 8.66. The number of benzene rings is 1. The Bertz CT molecular complexity index is 936. The number of rotatable bonds is 14. The van der Waals surface area contributed by atoms with Crippen LogP contribution in [0.25, 0.3) is 0 Å². The molecule has 4 atom stereocenters. The molecule has 0 unspecified atom stereocenters. The average molecular weight is 509 g/mol. The van der Waals surface area contributed by atoms with Crippen molar-refractivity contribution < 1.29 is 43.0 Å². The summed E-state index contributed by atoms with van der Waals surface area (Å²) in [5, 5.41) is 10.3. The van der Waals surface area contributed by atoms with Crippen molar-refractivity contribution in [3.8, 4) is 5.75 Å². The van der Waals surface area contributed by atoms with E-state index >= 15 is 0 Å². The van der Waals surface area contributed by atoms with E-state index in [1.54, 1.807) is 18.2 Å². The zero-order chi connectivity index (χ0) is 25.3. The van der Waals surface area contributed by atoms with Crippen molar-refractivity contribution in [2.75, 3.05) is 6.61 Å². The van der Waals surface area contributed by atoms with Gasteiger partial charge >= 0.3 is 13.8 Å². The molecular weight excluding hydrogens is 475 g/mol. The Morgan fingerprint density at radius 1 is 1.17 bits per heavy atom. The molecule has 2 aliphatic rings. The number of unbranched alkanes of at least 4 members (excludes halogenated alkanes) is 1. The highest BCUT2D eigenvalue weighted by Crippen LogP contribution is 2.45. The van der Waals surface area contributed by atoms with E-state index in [2.05, 4.69) is 0 Å². The predicted octanol–water partition coefficient (Wildman–Crippen LogP) is 3.49. The number of carbonyl (C=O) groups excluding carboxylic acids is 2. The Balaban J connectivity index is 1.53. The van der Waals surface area contributed by atoms with E-state index in [1.807, 2.05) is 30.4 Å². The first-order valence-electron chi connectivity index (χ1n) is 11.9. The maximum Gasteiger partial charge on any atom is 0.469 e. The van der Waals surface area contributed by atoms with Crippen LogP contribution in [0.3, 0.4) is 0 Å². The lowest BCUT2D eigenvalue weighted by Gasteiger charge is -2.21. The number of aliphatic hydroxyl groups excluding tert-OH is 1. The first-order valence-corrected chi connectivity index (χ1v) is 13.4. The summed E-state index contributed by atoms with van der Waals surface area (Å²) in [7, 11) is -4.80. The van der Waals surface area contributed by atoms with Crippen LogP contribution in [0, 0.1) is 11.8 Å². The average Bonchev–Trinajstić information content (AvgIpc) is 3.56. The molecule has 0 aromatic heterocycles. The Morgan fingerprint density at radius 3 is 2.60 bits per heavy atom. The van der Waals surface area contributed by atoms with E-state index in [1.165, 1.54) is 6.08 Å². The molecule has 0 aliphatic heterocycles. The predicted molar refractivity (Wildman–Crippen MR) is 127 cm³/mol. The highest BCUT2D eigenvalue weighted by atomic mass is 31.2. The van der Waals surface area contributed by atoms with Crippen molar-refractivity contribution in [3.05, 3.63) is 54.6 Å². The van der Waals surface area contributed by atoms with Crippen LogP contribution >= 0.6 is 7.82 Å². The number of ketones is 1. The van der Waals surface area contributed by atoms with Gasteiger partial charge in [0.05, 0.1) is 6.10 Å². The summed E-state index contributed by atoms with van der Waals surface area (Å²) < 4.78 is 27.0. The summed E-state index contributed by atoms with van der Waals surface area (Å²) in [4.78, 5) is 42.8. The van der Waals surface area contributed by atoms with Gasteiger partial charge in [0.15, 0.2) is 0 Å². The van der Waals surface area contributed by atoms with Crippen molar-refractivity contribution in [1.82, 2.24) is 0 Å². The molecule has 2 aliphatic carbocycles. The molecule has 9 nitrogen and oxygen atoms in total. The smallest absolute Gasteiger partial charge is 0.469 e. The lowest BCUT2D eigenvalue weighted by Crippen LogP contribution is -2.22. The van der Waals surface area contributed by atoms with Crippen LogP contribution < -0.4 is 4.74 Å². The van der Waals surface area contributed by atoms with E-state index in [-0.39, 0.29) is 30.9 Å². The highest BCUT2D eigenvalue weighted by molar-refractivity contribution is 7.46. The number of phosphoric ester groups is 1. The summed E-state index contributed by atoms with van der Waals surface area (Å²) in [6.45, 7) is -0.0149. The van der Waals surface area contributed by atoms with Crippen LogP contribution in [0.2, 0.25) is 0 Å². The molecule has 3 N–H and O–H groups in total. The van der Waals surface area contributed by atoms with Gasteiger partial charge in [-0.3, -0.25) is 14.1 Å². The van der Waals surface area contributed by atoms with Crippen LogP contribution in [-0.4, -0.2) is 51.6 Å². The van der Waals surface area contributed by atoms with Gasteiger partial charge in [-0.1, -0.05) is 42.5 Å². The number of aliphatic hydroxyl groups is 1. The molecule has 0 bridgehead atoms. The van der Waals surface area contributed by atoms with Crippen LogP contribution in [0.15, 0.2) is 54.6 Å². The summed E-state index contributed by atoms with van der Waals surface area (Å²) in [6, 6.07) is 8.98. The minimum atomic E-state index is -4.80. The van der Waals surface area contributed by atoms with E-state index in [0.717, 1.165) is 12.8 Å². The van der Waals surface area contributed by atoms with E-state index in [4.69, 9.17) is 14.0 Å². The summed E-state index contributed by atoms with van der Waals surface area (Å²) in [5.74, 6) is -0.904. The molecular formula is C25H33O9P. The minimum absolute atomic E-state index is 0.0149. The quantitative estimate of drug-likeness (QED) is 0.149. The van der Waals surface area contributed by atoms with Gasteiger partial charge in [0.25, 0.3) is 0 Å². The lowest BCUT2D eigenvalue weighted by molar-refractivity contribution is -0.145. The Labute approximate surface area is 205 Å². The number of esters is 1. The summed E-state index contributed by atoms with van der Waals surface area (Å²) in [5.41, 5.74) is 0. The van der Waals surface area contributed by atoms with Crippen LogP contribution in [0.1, 0.15) is 44.9 Å². The molecule has 2 saturated carbocycles. The van der Waals surface area contributed by atoms with Gasteiger partial charge in [-0.15, -0.1) is 0 Å². The largest absolute Gasteiger partial charge is 0.491 e. The number of carbonyl (C=O) groups is 2. The third-order valence-electron chi connectivity index (χ3n) is 5.83. The first kappa shape index (κ1) is 27.3. The van der Waals surface area contributed by atoms with Crippen LogP contribution in [0.4, 0.5) is 0 Å². The maximum absolute atomic E-state index is 12.6. The standard InChI is InChI=1S/C25H33O9P/c26-18(17-32-19-8-4-3-5-9-19)12-15-22-21(23(27)16-24(22)34-35(29,30)31)10-6-1-2-7-11-25(28)33-20-13-14-20/h1,3-6,8-9,12,15,18,20-22,24,26H,2,7,10-11,13-14,16-17H2,(H2,29,30,31)/t18-,21-,22-,24-/m1/s1. The molecule has 0 heterocycles. The van der Waals surface area contributed by atoms with Crippen LogP contribution in [0.5, 0.6) is 5.75 Å². The van der Waals surface area contributed by atoms with Crippen molar-refractivity contribution in [2.45, 2.75) is 63.3 Å². The highest BCUT2D eigenvalue weighted by Gasteiger charge is 2.43. The fraction of sp³-hybridized carbons (Fsp3) is 0.520. The van der Waals surface area contributed by atoms with Crippen molar-refractivity contribution >= 4 is 19.6 Å². The topological polar surface area (TPSA) is 140 Å². The molecule has 35 heavy (non-hydrogen) atoms. The van der Waals surface area contributed by atoms with Crippen LogP contribution in [-0.2, 0) is 23.4 Å². The molecule has 10 heteroatoms. The third kappa shape index (κ3) is 10.1. The third-order valence-corrected chi connectivity index (χ3v) is 6.38. The molecule has 1 aromatic carbocycles. The lowest BCUT2D eigenvalue weighted by atomic mass is 9.90. The zero-order valence-corrected chi connectivity index (χ0v) is 20.4. The normalized spacial score (nSPS) is 23.7. The van der Waals surface area contributed by atoms with Gasteiger partial charge in [-0.25, -0.2) is 4.57 Å². The number of hydrogen-bond acceptors (Lipinski definition) is 7. The van der Waals surface area contributed by atoms with Crippen molar-refractivity contribution in [3.63, 3.8) is 0 Å². The van der Waals surface area contributed by atoms with E-state index in [9.17, 15) is 29.0 Å². The Hall–Kier alpha value is -2.29. The molecule has 2 fully saturated rings. The second-order valence-corrected chi connectivity index (χ2v) is 10.0. The SMILES string of the molecule is O=C(CCCC=CC[C@H]1C(=O)C[C@@H](OP(=O)(O)O)[C@@H]1C=C[C@@H](O)COc1ccccc1)OC1CC1. The van der Waals surface area contributed by atoms with Crippen molar-refractivity contribution in [1.29, 1.82) is 0 Å². The Morgan fingerprint density at radius 2 is 1.91 bits per heavy atom. The van der Waals surface area contributed by atoms with Gasteiger partial charge in [-0.05, 0) is 44.2 Å². The number of Topliss-reactive ketones (excluding diaryl/α,β-unsaturated/α-hetero) is 1. The van der Waals surface area contributed by atoms with Gasteiger partial charge in [0.1, 0.15) is 30.3 Å². The molecule has 3 rings (SSSR count). The van der Waals surface area contributed by atoms with Gasteiger partial charge < -0.3 is 24.4 Å². The first-order chi connectivity index (χ1) is 16.7. The molecule has 0 radical (unpaired) electrons. The number of hydrogen-bond donors (Lipinski definition) is 3. The van der Waals surface area contributed by atoms with Gasteiger partial charge in [0, 0.05) is 24.7 Å². The van der Waals surface area contributed by atoms with E-state index < -0.39 is 31.9 Å². The fourth-order valence-electron chi connectivity index (χ4n) is 3.96. The Kier molecular flexibility index (Phi) is 10.2. The maximum atomic E-state index is 12.6.